The van der Waals surface area contributed by atoms with E-state index in [1.54, 1.807) is 12.1 Å². The monoisotopic (exact) mass is 277 g/mol. The average molecular weight is 277 g/mol. The molecule has 104 valence electrons. The summed E-state index contributed by atoms with van der Waals surface area (Å²) in [5, 5.41) is 11.1. The van der Waals surface area contributed by atoms with E-state index in [0.717, 1.165) is 0 Å². The van der Waals surface area contributed by atoms with E-state index in [-0.39, 0.29) is 17.2 Å². The molecule has 0 aliphatic rings. The quantitative estimate of drug-likeness (QED) is 0.900. The van der Waals surface area contributed by atoms with Gasteiger partial charge >= 0.3 is 5.97 Å². The van der Waals surface area contributed by atoms with E-state index in [1.165, 1.54) is 18.2 Å². The van der Waals surface area contributed by atoms with Crippen LogP contribution >= 0.6 is 0 Å². The fourth-order valence-corrected chi connectivity index (χ4v) is 1.68. The Labute approximate surface area is 114 Å². The van der Waals surface area contributed by atoms with Gasteiger partial charge in [-0.2, -0.15) is 0 Å². The van der Waals surface area contributed by atoms with E-state index < -0.39 is 17.7 Å². The molecule has 6 heteroatoms. The highest BCUT2D eigenvalue weighted by molar-refractivity contribution is 6.02. The van der Waals surface area contributed by atoms with Crippen molar-refractivity contribution in [2.45, 2.75) is 13.3 Å². The normalized spacial score (nSPS) is 10.3. The van der Waals surface area contributed by atoms with Crippen LogP contribution in [-0.2, 0) is 6.42 Å². The van der Waals surface area contributed by atoms with Crippen molar-refractivity contribution in [1.82, 2.24) is 0 Å². The van der Waals surface area contributed by atoms with Crippen molar-refractivity contribution in [2.24, 2.45) is 0 Å². The van der Waals surface area contributed by atoms with Crippen molar-refractivity contribution >= 4 is 17.6 Å². The van der Waals surface area contributed by atoms with Gasteiger partial charge in [-0.1, -0.05) is 13.0 Å². The van der Waals surface area contributed by atoms with Crippen LogP contribution in [0.2, 0.25) is 0 Å². The molecule has 0 aliphatic heterocycles. The molecule has 2 rings (SSSR count). The third-order valence-corrected chi connectivity index (χ3v) is 2.73. The number of anilines is 1. The Bertz CT molecular complexity index is 663. The number of nitrogens with one attached hydrogen (secondary N) is 1. The van der Waals surface area contributed by atoms with Crippen LogP contribution in [0.1, 0.15) is 33.6 Å². The Balaban J connectivity index is 2.14. The molecule has 0 radical (unpaired) electrons. The van der Waals surface area contributed by atoms with Crippen LogP contribution < -0.4 is 5.32 Å². The van der Waals surface area contributed by atoms with Gasteiger partial charge in [0.05, 0.1) is 0 Å². The molecule has 1 aromatic heterocycles. The highest BCUT2D eigenvalue weighted by Gasteiger charge is 2.15. The highest BCUT2D eigenvalue weighted by Crippen LogP contribution is 2.16. The molecule has 0 fully saturated rings. The van der Waals surface area contributed by atoms with E-state index in [9.17, 15) is 14.0 Å². The molecule has 2 N–H and O–H groups in total. The summed E-state index contributed by atoms with van der Waals surface area (Å²) in [5.41, 5.74) is 0.826. The first-order valence-electron chi connectivity index (χ1n) is 5.94. The molecule has 0 atom stereocenters. The van der Waals surface area contributed by atoms with Crippen LogP contribution in [0.25, 0.3) is 0 Å². The number of aryl methyl sites for hydroxylation is 1. The predicted octanol–water partition coefficient (Wildman–Crippen LogP) is 2.93. The number of carbonyl (C=O) groups excluding carboxylic acids is 1. The first kappa shape index (κ1) is 13.8. The van der Waals surface area contributed by atoms with Crippen LogP contribution in [0.3, 0.4) is 0 Å². The van der Waals surface area contributed by atoms with Crippen LogP contribution in [0.4, 0.5) is 10.1 Å². The van der Waals surface area contributed by atoms with Crippen LogP contribution in [0.5, 0.6) is 0 Å². The van der Waals surface area contributed by atoms with Crippen molar-refractivity contribution in [3.63, 3.8) is 0 Å². The molecule has 2 aromatic rings. The molecule has 0 saturated carbocycles. The number of carbonyl (C=O) groups is 2. The van der Waals surface area contributed by atoms with Crippen LogP contribution in [0, 0.1) is 5.82 Å². The van der Waals surface area contributed by atoms with E-state index in [4.69, 9.17) is 9.52 Å². The lowest BCUT2D eigenvalue weighted by Crippen LogP contribution is -2.11. The average Bonchev–Trinajstić information content (AvgIpc) is 2.88. The van der Waals surface area contributed by atoms with Gasteiger partial charge in [0, 0.05) is 5.69 Å². The van der Waals surface area contributed by atoms with Crippen molar-refractivity contribution in [3.05, 3.63) is 53.2 Å². The van der Waals surface area contributed by atoms with Gasteiger partial charge in [-0.05, 0) is 36.2 Å². The molecular formula is C14H12FNO4. The molecule has 0 saturated heterocycles. The Morgan fingerprint density at radius 2 is 1.95 bits per heavy atom. The van der Waals surface area contributed by atoms with Gasteiger partial charge in [-0.15, -0.1) is 0 Å². The Morgan fingerprint density at radius 3 is 2.50 bits per heavy atom. The third-order valence-electron chi connectivity index (χ3n) is 2.73. The summed E-state index contributed by atoms with van der Waals surface area (Å²) in [5.74, 6) is -2.79. The Hall–Kier alpha value is -2.63. The number of rotatable bonds is 4. The van der Waals surface area contributed by atoms with Gasteiger partial charge in [-0.3, -0.25) is 4.79 Å². The number of carboxylic acid groups (broad SMARTS) is 1. The van der Waals surface area contributed by atoms with E-state index in [1.807, 2.05) is 6.92 Å². The SMILES string of the molecule is CCc1ccc(NC(=O)c2ccc(C(=O)O)o2)cc1F. The maximum atomic E-state index is 13.6. The molecule has 1 aromatic carbocycles. The van der Waals surface area contributed by atoms with E-state index in [2.05, 4.69) is 5.32 Å². The fourth-order valence-electron chi connectivity index (χ4n) is 1.68. The topological polar surface area (TPSA) is 79.5 Å². The van der Waals surface area contributed by atoms with Gasteiger partial charge in [0.1, 0.15) is 5.82 Å². The molecule has 0 bridgehead atoms. The molecule has 0 unspecified atom stereocenters. The maximum absolute atomic E-state index is 13.6. The second-order valence-electron chi connectivity index (χ2n) is 4.08. The summed E-state index contributed by atoms with van der Waals surface area (Å²) in [6.07, 6.45) is 0.556. The summed E-state index contributed by atoms with van der Waals surface area (Å²) < 4.78 is 18.4. The molecule has 0 aliphatic carbocycles. The van der Waals surface area contributed by atoms with E-state index >= 15 is 0 Å². The minimum Gasteiger partial charge on any atom is -0.475 e. The largest absolute Gasteiger partial charge is 0.475 e. The van der Waals surface area contributed by atoms with Crippen molar-refractivity contribution in [2.75, 3.05) is 5.32 Å². The third kappa shape index (κ3) is 2.85. The van der Waals surface area contributed by atoms with Gasteiger partial charge in [-0.25, -0.2) is 9.18 Å². The Morgan fingerprint density at radius 1 is 1.25 bits per heavy atom. The smallest absolute Gasteiger partial charge is 0.371 e. The first-order chi connectivity index (χ1) is 9.51. The lowest BCUT2D eigenvalue weighted by atomic mass is 10.1. The summed E-state index contributed by atoms with van der Waals surface area (Å²) in [7, 11) is 0. The minimum absolute atomic E-state index is 0.151. The zero-order valence-corrected chi connectivity index (χ0v) is 10.6. The number of hydrogen-bond donors (Lipinski definition) is 2. The molecular weight excluding hydrogens is 265 g/mol. The van der Waals surface area contributed by atoms with E-state index in [0.29, 0.717) is 12.0 Å². The van der Waals surface area contributed by atoms with Crippen molar-refractivity contribution in [1.29, 1.82) is 0 Å². The lowest BCUT2D eigenvalue weighted by Gasteiger charge is -2.05. The van der Waals surface area contributed by atoms with Crippen LogP contribution in [-0.4, -0.2) is 17.0 Å². The number of hydrogen-bond acceptors (Lipinski definition) is 3. The zero-order valence-electron chi connectivity index (χ0n) is 10.6. The predicted molar refractivity (Wildman–Crippen MR) is 69.4 cm³/mol. The maximum Gasteiger partial charge on any atom is 0.371 e. The number of amides is 1. The number of benzene rings is 1. The lowest BCUT2D eigenvalue weighted by molar-refractivity contribution is 0.0660. The van der Waals surface area contributed by atoms with Gasteiger partial charge in [0.15, 0.2) is 5.76 Å². The second kappa shape index (κ2) is 5.56. The van der Waals surface area contributed by atoms with Crippen molar-refractivity contribution < 1.29 is 23.5 Å². The highest BCUT2D eigenvalue weighted by atomic mass is 19.1. The molecule has 1 heterocycles. The zero-order chi connectivity index (χ0) is 14.7. The summed E-state index contributed by atoms with van der Waals surface area (Å²) in [4.78, 5) is 22.4. The molecule has 0 spiro atoms. The second-order valence-corrected chi connectivity index (χ2v) is 4.08. The van der Waals surface area contributed by atoms with Gasteiger partial charge in [0.2, 0.25) is 5.76 Å². The van der Waals surface area contributed by atoms with Gasteiger partial charge in [0.25, 0.3) is 5.91 Å². The standard InChI is InChI=1S/C14H12FNO4/c1-2-8-3-4-9(7-10(8)15)16-13(17)11-5-6-12(20-11)14(18)19/h3-7H,2H2,1H3,(H,16,17)(H,18,19). The summed E-state index contributed by atoms with van der Waals surface area (Å²) in [6, 6.07) is 6.78. The van der Waals surface area contributed by atoms with Gasteiger partial charge < -0.3 is 14.8 Å². The van der Waals surface area contributed by atoms with Crippen molar-refractivity contribution in [3.8, 4) is 0 Å². The number of carboxylic acids is 1. The number of halogens is 1. The fraction of sp³-hybridized carbons (Fsp3) is 0.143. The number of furan rings is 1. The Kier molecular flexibility index (Phi) is 3.84. The summed E-state index contributed by atoms with van der Waals surface area (Å²) >= 11 is 0. The molecule has 1 amide bonds. The van der Waals surface area contributed by atoms with Crippen LogP contribution in [0.15, 0.2) is 34.7 Å². The molecule has 20 heavy (non-hydrogen) atoms. The minimum atomic E-state index is -1.26. The summed E-state index contributed by atoms with van der Waals surface area (Å²) in [6.45, 7) is 1.83. The number of aromatic carboxylic acids is 1. The first-order valence-corrected chi connectivity index (χ1v) is 5.94. The molecule has 5 nitrogen and oxygen atoms in total.